The number of aliphatic carboxylic acids is 1. The van der Waals surface area contributed by atoms with E-state index in [9.17, 15) is 78.3 Å². The van der Waals surface area contributed by atoms with Crippen LogP contribution in [0.3, 0.4) is 0 Å². The van der Waals surface area contributed by atoms with E-state index in [1.807, 2.05) is 135 Å². The molecule has 10 atom stereocenters. The number of β-amino-alcohol motifs (C(OH)–C–C–N with tert-alkyl or cyclic N) is 5. The molecule has 0 aromatic heterocycles. The third-order valence-electron chi connectivity index (χ3n) is 17.2. The summed E-state index contributed by atoms with van der Waals surface area (Å²) in [5.41, 5.74) is 8.83. The van der Waals surface area contributed by atoms with Crippen LogP contribution in [0.1, 0.15) is 107 Å². The van der Waals surface area contributed by atoms with Crippen molar-refractivity contribution in [3.05, 3.63) is 144 Å². The molecular weight excluding hydrogens is 1460 g/mol. The first-order valence-corrected chi connectivity index (χ1v) is 36.0. The lowest BCUT2D eigenvalue weighted by Crippen LogP contribution is -2.42. The average molecular weight is 1570 g/mol. The van der Waals surface area contributed by atoms with Crippen molar-refractivity contribution in [2.75, 3.05) is 86.3 Å². The van der Waals surface area contributed by atoms with Crippen molar-refractivity contribution in [3.63, 3.8) is 0 Å². The second-order valence-corrected chi connectivity index (χ2v) is 25.9. The van der Waals surface area contributed by atoms with Crippen molar-refractivity contribution in [2.45, 2.75) is 172 Å². The standard InChI is InChI=1S/C17H22N2O6.C16H22N2O5.C16H22N2O4.C12H15NO4.C8H16N2O2.C6H11NO3.ClH/c1-24-16(22)14-9-13(20)10-19(14)15(21)7-8-18-17(23)25-11-12-5-3-2-4-6-12;19-10-13-8-14(20)9-18(13)15(21)6-7-17-16(22)23-11-12-4-2-1-3-5-12;1-12-9-14(19)10-18(12)15(20)7-8-17-16(21)22-11-13-5-3-2-4-6-13;14-11(15)7-4-8-13-12(16)17-9-10-5-2-1-3-6-10;1-6-4-7(11)5-10(6)8(12)2-3-9;1-10-6(9)5-2-4(8)3-7-5;/h2-6,13-14,20H,7-11H2,1H3,(H,18,23);1-5,13-14,19-20H,6-11H2,(H,17,22);2-6,12,14,19H,7-11H2,1H3,(H,17,21);1-3,5-6H,4,7-9H2,(H,13,16)(H,14,15);6-7,11H,2-5,9H2,1H3;4-5,7-8H,2-3H2,1H3;1H/t2*13-,14+;12-,14-;;6-,7-;4-,5+;/m101.11./s1. The summed E-state index contributed by atoms with van der Waals surface area (Å²) < 4.78 is 29.2. The number of rotatable bonds is 26. The Hall–Kier alpha value is -9.78. The third kappa shape index (κ3) is 37.6. The minimum atomic E-state index is -0.871. The van der Waals surface area contributed by atoms with Crippen LogP contribution >= 0.6 is 12.4 Å². The molecule has 4 aromatic rings. The Morgan fingerprint density at radius 1 is 0.436 bits per heavy atom. The van der Waals surface area contributed by atoms with Crippen LogP contribution in [0.5, 0.6) is 0 Å². The first-order valence-electron chi connectivity index (χ1n) is 36.0. The lowest BCUT2D eigenvalue weighted by atomic mass is 10.2. The molecule has 9 rings (SSSR count). The van der Waals surface area contributed by atoms with Gasteiger partial charge in [-0.1, -0.05) is 121 Å². The molecule has 0 saturated carbocycles. The third-order valence-corrected chi connectivity index (χ3v) is 17.2. The number of ether oxygens (including phenoxy) is 6. The van der Waals surface area contributed by atoms with Crippen LogP contribution in [-0.2, 0) is 88.4 Å². The molecule has 5 aliphatic rings. The van der Waals surface area contributed by atoms with Crippen molar-refractivity contribution >= 4 is 78.3 Å². The molecule has 14 N–H and O–H groups in total. The minimum Gasteiger partial charge on any atom is -0.481 e. The van der Waals surface area contributed by atoms with Gasteiger partial charge in [-0.3, -0.25) is 28.8 Å². The van der Waals surface area contributed by atoms with Crippen LogP contribution in [0.4, 0.5) is 19.2 Å². The van der Waals surface area contributed by atoms with Crippen LogP contribution < -0.4 is 32.3 Å². The number of amides is 8. The van der Waals surface area contributed by atoms with Crippen LogP contribution in [0.2, 0.25) is 0 Å². The Labute approximate surface area is 646 Å². The predicted molar refractivity (Wildman–Crippen MR) is 400 cm³/mol. The van der Waals surface area contributed by atoms with Crippen molar-refractivity contribution in [1.82, 2.24) is 46.2 Å². The molecule has 8 amide bonds. The second-order valence-electron chi connectivity index (χ2n) is 25.9. The first kappa shape index (κ1) is 94.4. The zero-order chi connectivity index (χ0) is 80.0. The quantitative estimate of drug-likeness (QED) is 0.0244. The van der Waals surface area contributed by atoms with Gasteiger partial charge in [0.1, 0.15) is 38.5 Å². The number of halogens is 1. The fourth-order valence-corrected chi connectivity index (χ4v) is 11.6. The van der Waals surface area contributed by atoms with Gasteiger partial charge in [0.15, 0.2) is 0 Å². The summed E-state index contributed by atoms with van der Waals surface area (Å²) in [7, 11) is 2.58. The highest BCUT2D eigenvalue weighted by molar-refractivity contribution is 5.86. The van der Waals surface area contributed by atoms with E-state index in [-0.39, 0.29) is 170 Å². The lowest BCUT2D eigenvalue weighted by Gasteiger charge is -2.22. The maximum atomic E-state index is 12.2. The van der Waals surface area contributed by atoms with E-state index in [0.717, 1.165) is 22.3 Å². The molecule has 5 heterocycles. The SMILES string of the molecule is COC(=O)[C@@H]1C[C@@H](O)CN1.COC(=O)[C@@H]1C[C@@H](O)CN1C(=O)CCNC(=O)OCc1ccccc1.C[C@@H]1C[C@@H](O)CN1C(=O)CCN.C[C@@H]1C[C@@H](O)CN1C(=O)CCNC(=O)OCc1ccccc1.Cl.O=C(NCCC(=O)N1C[C@H](O)C[C@H]1CO)OCc1ccccc1.O=C(O)CCCNC(=O)OCc1ccccc1. The van der Waals surface area contributed by atoms with E-state index in [4.69, 9.17) is 34.9 Å². The average Bonchev–Trinajstić information content (AvgIpc) is 1.71. The largest absolute Gasteiger partial charge is 0.481 e. The van der Waals surface area contributed by atoms with Gasteiger partial charge in [0.05, 0.1) is 57.4 Å². The molecule has 0 bridgehead atoms. The number of carboxylic acids is 1. The normalized spacial score (nSPS) is 20.4. The van der Waals surface area contributed by atoms with Crippen LogP contribution in [0, 0.1) is 0 Å². The van der Waals surface area contributed by atoms with E-state index in [1.165, 1.54) is 24.0 Å². The highest BCUT2D eigenvalue weighted by atomic mass is 35.5. The number of aliphatic hydroxyl groups is 6. The number of likely N-dealkylation sites (tertiary alicyclic amines) is 4. The summed E-state index contributed by atoms with van der Waals surface area (Å²) >= 11 is 0. The smallest absolute Gasteiger partial charge is 0.407 e. The number of methoxy groups -OCH3 is 2. The summed E-state index contributed by atoms with van der Waals surface area (Å²) in [4.78, 5) is 132. The van der Waals surface area contributed by atoms with Gasteiger partial charge in [-0.25, -0.2) is 24.0 Å². The molecule has 5 saturated heterocycles. The van der Waals surface area contributed by atoms with E-state index in [2.05, 4.69) is 36.1 Å². The van der Waals surface area contributed by atoms with Crippen molar-refractivity contribution in [1.29, 1.82) is 0 Å². The summed E-state index contributed by atoms with van der Waals surface area (Å²) in [5.74, 6) is -2.27. The van der Waals surface area contributed by atoms with Gasteiger partial charge in [0.25, 0.3) is 0 Å². The highest BCUT2D eigenvalue weighted by Gasteiger charge is 2.40. The number of hydrogen-bond donors (Lipinski definition) is 13. The molecule has 0 spiro atoms. The van der Waals surface area contributed by atoms with Gasteiger partial charge in [-0.2, -0.15) is 0 Å². The van der Waals surface area contributed by atoms with E-state index in [1.54, 1.807) is 9.80 Å². The van der Waals surface area contributed by atoms with Gasteiger partial charge in [-0.15, -0.1) is 12.4 Å². The molecule has 34 nitrogen and oxygen atoms in total. The maximum Gasteiger partial charge on any atom is 0.407 e. The van der Waals surface area contributed by atoms with Gasteiger partial charge >= 0.3 is 42.3 Å². The molecule has 0 aliphatic carbocycles. The fourth-order valence-electron chi connectivity index (χ4n) is 11.6. The molecule has 0 unspecified atom stereocenters. The molecule has 4 aromatic carbocycles. The highest BCUT2D eigenvalue weighted by Crippen LogP contribution is 2.22. The Kier molecular flexibility index (Phi) is 45.6. The Bertz CT molecular complexity index is 3400. The number of carbonyl (C=O) groups excluding carboxylic acids is 10. The van der Waals surface area contributed by atoms with Gasteiger partial charge in [-0.05, 0) is 61.8 Å². The fraction of sp³-hybridized carbons (Fsp3) is 0.533. The lowest BCUT2D eigenvalue weighted by molar-refractivity contribution is -0.150. The second kappa shape index (κ2) is 53.1. The Morgan fingerprint density at radius 3 is 1.11 bits per heavy atom. The number of carboxylic acid groups (broad SMARTS) is 1. The van der Waals surface area contributed by atoms with Crippen LogP contribution in [-0.4, -0.2) is 268 Å². The topological polar surface area (TPSA) is 484 Å². The summed E-state index contributed by atoms with van der Waals surface area (Å²) in [6.07, 6.45) is -1.37. The first-order chi connectivity index (χ1) is 52.2. The molecule has 610 valence electrons. The van der Waals surface area contributed by atoms with Crippen molar-refractivity contribution < 1.29 is 117 Å². The number of alkyl carbamates (subject to hydrolysis) is 4. The monoisotopic (exact) mass is 1570 g/mol. The number of carbonyl (C=O) groups is 11. The minimum absolute atomic E-state index is 0. The van der Waals surface area contributed by atoms with Gasteiger partial charge in [0.2, 0.25) is 23.6 Å². The van der Waals surface area contributed by atoms with E-state index in [0.29, 0.717) is 71.2 Å². The number of nitrogens with one attached hydrogen (secondary N) is 5. The van der Waals surface area contributed by atoms with Crippen molar-refractivity contribution in [2.24, 2.45) is 5.73 Å². The molecule has 35 heteroatoms. The number of nitrogens with zero attached hydrogens (tertiary/aromatic N) is 4. The number of aliphatic hydroxyl groups excluding tert-OH is 6. The van der Waals surface area contributed by atoms with Gasteiger partial charge in [0, 0.05) is 122 Å². The molecule has 5 fully saturated rings. The number of nitrogens with two attached hydrogens (primary N) is 1. The summed E-state index contributed by atoms with van der Waals surface area (Å²) in [6, 6.07) is 36.0. The van der Waals surface area contributed by atoms with Gasteiger partial charge < -0.3 is 116 Å². The predicted octanol–water partition coefficient (Wildman–Crippen LogP) is 2.38. The Morgan fingerprint density at radius 2 is 0.773 bits per heavy atom. The zero-order valence-electron chi connectivity index (χ0n) is 62.6. The summed E-state index contributed by atoms with van der Waals surface area (Å²) in [5, 5.41) is 77.4. The number of hydrogen-bond acceptors (Lipinski definition) is 25. The van der Waals surface area contributed by atoms with Crippen LogP contribution in [0.15, 0.2) is 121 Å². The Balaban J connectivity index is 0.000000350. The molecule has 110 heavy (non-hydrogen) atoms. The molecular formula is C75H109ClN10O24. The van der Waals surface area contributed by atoms with E-state index >= 15 is 0 Å². The number of esters is 2. The molecule has 0 radical (unpaired) electrons. The zero-order valence-corrected chi connectivity index (χ0v) is 63.4. The maximum absolute atomic E-state index is 12.2. The van der Waals surface area contributed by atoms with Crippen LogP contribution in [0.25, 0.3) is 0 Å². The van der Waals surface area contributed by atoms with Crippen molar-refractivity contribution in [3.8, 4) is 0 Å². The molecule has 5 aliphatic heterocycles. The van der Waals surface area contributed by atoms with E-state index < -0.39 is 66.8 Å². The summed E-state index contributed by atoms with van der Waals surface area (Å²) in [6.45, 7) is 7.21. The number of benzene rings is 4.